The average Bonchev–Trinajstić information content (AvgIpc) is 2.58. The van der Waals surface area contributed by atoms with Gasteiger partial charge in [0.05, 0.1) is 6.04 Å². The SMILES string of the molecule is CN(C)c1ccc(C2NC(=O)CC2N)cc1. The zero-order valence-electron chi connectivity index (χ0n) is 9.60. The van der Waals surface area contributed by atoms with Crippen molar-refractivity contribution in [3.05, 3.63) is 29.8 Å². The molecule has 1 fully saturated rings. The Bertz CT molecular complexity index is 386. The number of hydrogen-bond donors (Lipinski definition) is 2. The molecule has 2 unspecified atom stereocenters. The molecule has 1 heterocycles. The van der Waals surface area contributed by atoms with Crippen molar-refractivity contribution < 1.29 is 4.79 Å². The summed E-state index contributed by atoms with van der Waals surface area (Å²) in [6, 6.07) is 7.96. The Morgan fingerprint density at radius 2 is 1.94 bits per heavy atom. The van der Waals surface area contributed by atoms with E-state index in [1.54, 1.807) is 0 Å². The minimum absolute atomic E-state index is 0.0363. The lowest BCUT2D eigenvalue weighted by Gasteiger charge is -2.17. The molecule has 1 aliphatic rings. The van der Waals surface area contributed by atoms with Crippen LogP contribution >= 0.6 is 0 Å². The van der Waals surface area contributed by atoms with Crippen LogP contribution in [0.5, 0.6) is 0 Å². The fourth-order valence-corrected chi connectivity index (χ4v) is 1.98. The van der Waals surface area contributed by atoms with E-state index in [4.69, 9.17) is 5.73 Å². The second-order valence-electron chi connectivity index (χ2n) is 4.40. The summed E-state index contributed by atoms with van der Waals surface area (Å²) in [7, 11) is 4.00. The third kappa shape index (κ3) is 2.02. The first-order valence-corrected chi connectivity index (χ1v) is 5.40. The van der Waals surface area contributed by atoms with E-state index in [1.165, 1.54) is 0 Å². The van der Waals surface area contributed by atoms with Gasteiger partial charge in [-0.05, 0) is 17.7 Å². The van der Waals surface area contributed by atoms with Crippen LogP contribution in [0.1, 0.15) is 18.0 Å². The molecule has 1 aliphatic heterocycles. The number of amides is 1. The molecule has 1 aromatic rings. The largest absolute Gasteiger partial charge is 0.378 e. The lowest BCUT2D eigenvalue weighted by atomic mass is 10.0. The van der Waals surface area contributed by atoms with Crippen LogP contribution in [0, 0.1) is 0 Å². The lowest BCUT2D eigenvalue weighted by molar-refractivity contribution is -0.119. The van der Waals surface area contributed by atoms with Crippen molar-refractivity contribution in [3.63, 3.8) is 0 Å². The molecule has 0 aliphatic carbocycles. The molecule has 0 saturated carbocycles. The molecule has 3 N–H and O–H groups in total. The lowest BCUT2D eigenvalue weighted by Crippen LogP contribution is -2.28. The van der Waals surface area contributed by atoms with Crippen molar-refractivity contribution >= 4 is 11.6 Å². The topological polar surface area (TPSA) is 58.4 Å². The number of anilines is 1. The quantitative estimate of drug-likeness (QED) is 0.767. The van der Waals surface area contributed by atoms with Crippen LogP contribution < -0.4 is 16.0 Å². The summed E-state index contributed by atoms with van der Waals surface area (Å²) in [5.74, 6) is 0.0363. The van der Waals surface area contributed by atoms with E-state index >= 15 is 0 Å². The molecule has 4 heteroatoms. The van der Waals surface area contributed by atoms with Crippen molar-refractivity contribution in [1.82, 2.24) is 5.32 Å². The molecule has 1 saturated heterocycles. The van der Waals surface area contributed by atoms with Crippen LogP contribution in [0.15, 0.2) is 24.3 Å². The summed E-state index contributed by atoms with van der Waals surface area (Å²) in [6.45, 7) is 0. The Morgan fingerprint density at radius 1 is 1.31 bits per heavy atom. The van der Waals surface area contributed by atoms with Gasteiger partial charge in [-0.2, -0.15) is 0 Å². The number of nitrogens with zero attached hydrogens (tertiary/aromatic N) is 1. The van der Waals surface area contributed by atoms with E-state index in [2.05, 4.69) is 5.32 Å². The maximum absolute atomic E-state index is 11.2. The summed E-state index contributed by atoms with van der Waals surface area (Å²) in [5, 5.41) is 2.89. The van der Waals surface area contributed by atoms with Gasteiger partial charge in [-0.25, -0.2) is 0 Å². The van der Waals surface area contributed by atoms with Crippen molar-refractivity contribution in [1.29, 1.82) is 0 Å². The van der Waals surface area contributed by atoms with Gasteiger partial charge in [-0.15, -0.1) is 0 Å². The van der Waals surface area contributed by atoms with Crippen molar-refractivity contribution in [2.45, 2.75) is 18.5 Å². The van der Waals surface area contributed by atoms with Crippen LogP contribution in [0.25, 0.3) is 0 Å². The highest BCUT2D eigenvalue weighted by Crippen LogP contribution is 2.24. The van der Waals surface area contributed by atoms with Crippen LogP contribution in [0.2, 0.25) is 0 Å². The summed E-state index contributed by atoms with van der Waals surface area (Å²) in [5.41, 5.74) is 8.12. The smallest absolute Gasteiger partial charge is 0.222 e. The van der Waals surface area contributed by atoms with Crippen molar-refractivity contribution in [2.75, 3.05) is 19.0 Å². The normalized spacial score (nSPS) is 24.3. The van der Waals surface area contributed by atoms with E-state index in [1.807, 2.05) is 43.3 Å². The van der Waals surface area contributed by atoms with Gasteiger partial charge in [0, 0.05) is 32.2 Å². The Morgan fingerprint density at radius 3 is 2.38 bits per heavy atom. The number of hydrogen-bond acceptors (Lipinski definition) is 3. The molecular formula is C12H17N3O. The van der Waals surface area contributed by atoms with Gasteiger partial charge in [-0.1, -0.05) is 12.1 Å². The number of benzene rings is 1. The van der Waals surface area contributed by atoms with Gasteiger partial charge < -0.3 is 16.0 Å². The van der Waals surface area contributed by atoms with Gasteiger partial charge in [-0.3, -0.25) is 4.79 Å². The predicted octanol–water partition coefficient (Wildman–Crippen LogP) is 0.641. The number of nitrogens with two attached hydrogens (primary N) is 1. The Balaban J connectivity index is 2.19. The first-order valence-electron chi connectivity index (χ1n) is 5.40. The summed E-state index contributed by atoms with van der Waals surface area (Å²) < 4.78 is 0. The minimum Gasteiger partial charge on any atom is -0.378 e. The van der Waals surface area contributed by atoms with Gasteiger partial charge in [0.2, 0.25) is 5.91 Å². The van der Waals surface area contributed by atoms with Crippen LogP contribution in [-0.4, -0.2) is 26.0 Å². The molecule has 0 spiro atoms. The number of rotatable bonds is 2. The fourth-order valence-electron chi connectivity index (χ4n) is 1.98. The highest BCUT2D eigenvalue weighted by Gasteiger charge is 2.30. The number of nitrogens with one attached hydrogen (secondary N) is 1. The van der Waals surface area contributed by atoms with Crippen molar-refractivity contribution in [2.24, 2.45) is 5.73 Å². The first kappa shape index (κ1) is 11.0. The molecule has 0 bridgehead atoms. The van der Waals surface area contributed by atoms with E-state index in [9.17, 15) is 4.79 Å². The standard InChI is InChI=1S/C12H17N3O/c1-15(2)9-5-3-8(4-6-9)12-10(13)7-11(16)14-12/h3-6,10,12H,7,13H2,1-2H3,(H,14,16). The zero-order chi connectivity index (χ0) is 11.7. The summed E-state index contributed by atoms with van der Waals surface area (Å²) >= 11 is 0. The van der Waals surface area contributed by atoms with Crippen molar-refractivity contribution in [3.8, 4) is 0 Å². The monoisotopic (exact) mass is 219 g/mol. The molecule has 1 aromatic carbocycles. The third-order valence-electron chi connectivity index (χ3n) is 2.93. The van der Waals surface area contributed by atoms with Crippen LogP contribution in [0.4, 0.5) is 5.69 Å². The number of carbonyl (C=O) groups excluding carboxylic acids is 1. The Hall–Kier alpha value is -1.55. The maximum Gasteiger partial charge on any atom is 0.222 e. The molecule has 2 atom stereocenters. The fraction of sp³-hybridized carbons (Fsp3) is 0.417. The van der Waals surface area contributed by atoms with E-state index in [-0.39, 0.29) is 18.0 Å². The summed E-state index contributed by atoms with van der Waals surface area (Å²) in [4.78, 5) is 13.3. The van der Waals surface area contributed by atoms with Gasteiger partial charge in [0.15, 0.2) is 0 Å². The minimum atomic E-state index is -0.113. The molecule has 0 aromatic heterocycles. The highest BCUT2D eigenvalue weighted by atomic mass is 16.2. The molecule has 4 nitrogen and oxygen atoms in total. The molecule has 1 amide bonds. The Kier molecular flexibility index (Phi) is 2.83. The molecule has 0 radical (unpaired) electrons. The van der Waals surface area contributed by atoms with Gasteiger partial charge in [0.25, 0.3) is 0 Å². The molecular weight excluding hydrogens is 202 g/mol. The van der Waals surface area contributed by atoms with Crippen LogP contribution in [-0.2, 0) is 4.79 Å². The molecule has 2 rings (SSSR count). The van der Waals surface area contributed by atoms with Crippen LogP contribution in [0.3, 0.4) is 0 Å². The third-order valence-corrected chi connectivity index (χ3v) is 2.93. The first-order chi connectivity index (χ1) is 7.58. The Labute approximate surface area is 95.4 Å². The average molecular weight is 219 g/mol. The highest BCUT2D eigenvalue weighted by molar-refractivity contribution is 5.80. The maximum atomic E-state index is 11.2. The van der Waals surface area contributed by atoms with E-state index in [0.29, 0.717) is 6.42 Å². The van der Waals surface area contributed by atoms with Gasteiger partial charge >= 0.3 is 0 Å². The number of carbonyl (C=O) groups is 1. The molecule has 86 valence electrons. The van der Waals surface area contributed by atoms with E-state index in [0.717, 1.165) is 11.3 Å². The molecule has 16 heavy (non-hydrogen) atoms. The predicted molar refractivity (Wildman–Crippen MR) is 64.2 cm³/mol. The second-order valence-corrected chi connectivity index (χ2v) is 4.40. The van der Waals surface area contributed by atoms with E-state index < -0.39 is 0 Å². The summed E-state index contributed by atoms with van der Waals surface area (Å²) in [6.07, 6.45) is 0.417. The second kappa shape index (κ2) is 4.14. The van der Waals surface area contributed by atoms with Gasteiger partial charge in [0.1, 0.15) is 0 Å². The zero-order valence-corrected chi connectivity index (χ0v) is 9.60.